The molecule has 4 heteroatoms. The van der Waals surface area contributed by atoms with E-state index in [2.05, 4.69) is 41.7 Å². The first-order valence-corrected chi connectivity index (χ1v) is 10.1. The monoisotopic (exact) mass is 378 g/mol. The predicted molar refractivity (Wildman–Crippen MR) is 113 cm³/mol. The van der Waals surface area contributed by atoms with E-state index in [1.54, 1.807) is 7.05 Å². The lowest BCUT2D eigenvalue weighted by Crippen LogP contribution is -2.51. The standard InChI is InChI=1S/C24H30N2O2/c1-18(2)22(27)26-14-12-24(13-15-26,23(28)25-3)17-19-8-7-11-21(16-19)20-9-5-4-6-10-20/h4-11,16,18H,12-15,17H2,1-3H3,(H,25,28). The Kier molecular flexibility index (Phi) is 6.18. The second-order valence-corrected chi connectivity index (χ2v) is 8.08. The molecule has 0 radical (unpaired) electrons. The minimum atomic E-state index is -0.460. The number of nitrogens with one attached hydrogen (secondary N) is 1. The first kappa shape index (κ1) is 20.1. The van der Waals surface area contributed by atoms with Gasteiger partial charge in [-0.1, -0.05) is 68.4 Å². The van der Waals surface area contributed by atoms with Gasteiger partial charge in [-0.05, 0) is 36.0 Å². The molecule has 3 rings (SSSR count). The molecule has 1 saturated heterocycles. The van der Waals surface area contributed by atoms with Crippen LogP contribution in [0.15, 0.2) is 54.6 Å². The number of hydrogen-bond donors (Lipinski definition) is 1. The summed E-state index contributed by atoms with van der Waals surface area (Å²) >= 11 is 0. The third kappa shape index (κ3) is 4.27. The Morgan fingerprint density at radius 1 is 1.00 bits per heavy atom. The second kappa shape index (κ2) is 8.59. The number of piperidine rings is 1. The molecule has 1 N–H and O–H groups in total. The number of carbonyl (C=O) groups is 2. The van der Waals surface area contributed by atoms with Crippen molar-refractivity contribution < 1.29 is 9.59 Å². The van der Waals surface area contributed by atoms with E-state index in [0.717, 1.165) is 11.1 Å². The highest BCUT2D eigenvalue weighted by atomic mass is 16.2. The van der Waals surface area contributed by atoms with Crippen LogP contribution in [0.2, 0.25) is 0 Å². The maximum atomic E-state index is 12.8. The van der Waals surface area contributed by atoms with E-state index in [-0.39, 0.29) is 17.7 Å². The first-order valence-electron chi connectivity index (χ1n) is 10.1. The van der Waals surface area contributed by atoms with Crippen LogP contribution in [0.25, 0.3) is 11.1 Å². The number of nitrogens with zero attached hydrogens (tertiary/aromatic N) is 1. The summed E-state index contributed by atoms with van der Waals surface area (Å²) in [4.78, 5) is 27.1. The van der Waals surface area contributed by atoms with Crippen LogP contribution in [0.4, 0.5) is 0 Å². The SMILES string of the molecule is CNC(=O)C1(Cc2cccc(-c3ccccc3)c2)CCN(C(=O)C(C)C)CC1. The molecule has 1 aliphatic heterocycles. The topological polar surface area (TPSA) is 49.4 Å². The second-order valence-electron chi connectivity index (χ2n) is 8.08. The zero-order valence-corrected chi connectivity index (χ0v) is 17.1. The van der Waals surface area contributed by atoms with Crippen molar-refractivity contribution in [1.29, 1.82) is 0 Å². The van der Waals surface area contributed by atoms with Gasteiger partial charge in [-0.15, -0.1) is 0 Å². The van der Waals surface area contributed by atoms with E-state index in [1.165, 1.54) is 5.56 Å². The van der Waals surface area contributed by atoms with Gasteiger partial charge in [0.1, 0.15) is 0 Å². The molecule has 4 nitrogen and oxygen atoms in total. The average Bonchev–Trinajstić information content (AvgIpc) is 2.74. The highest BCUT2D eigenvalue weighted by Crippen LogP contribution is 2.36. The fraction of sp³-hybridized carbons (Fsp3) is 0.417. The van der Waals surface area contributed by atoms with Crippen LogP contribution < -0.4 is 5.32 Å². The molecule has 0 unspecified atom stereocenters. The van der Waals surface area contributed by atoms with Crippen LogP contribution in [0.3, 0.4) is 0 Å². The quantitative estimate of drug-likeness (QED) is 0.858. The Balaban J connectivity index is 1.81. The summed E-state index contributed by atoms with van der Waals surface area (Å²) in [5.74, 6) is 0.251. The van der Waals surface area contributed by atoms with E-state index >= 15 is 0 Å². The third-order valence-electron chi connectivity index (χ3n) is 5.81. The van der Waals surface area contributed by atoms with E-state index < -0.39 is 5.41 Å². The Morgan fingerprint density at radius 3 is 2.25 bits per heavy atom. The summed E-state index contributed by atoms with van der Waals surface area (Å²) in [6, 6.07) is 18.7. The molecule has 2 aromatic carbocycles. The van der Waals surface area contributed by atoms with Crippen molar-refractivity contribution in [3.8, 4) is 11.1 Å². The number of amides is 2. The highest BCUT2D eigenvalue weighted by molar-refractivity contribution is 5.84. The van der Waals surface area contributed by atoms with Gasteiger partial charge in [0.05, 0.1) is 5.41 Å². The average molecular weight is 379 g/mol. The fourth-order valence-corrected chi connectivity index (χ4v) is 4.15. The van der Waals surface area contributed by atoms with Crippen LogP contribution in [0.5, 0.6) is 0 Å². The smallest absolute Gasteiger partial charge is 0.226 e. The maximum absolute atomic E-state index is 12.8. The maximum Gasteiger partial charge on any atom is 0.226 e. The lowest BCUT2D eigenvalue weighted by Gasteiger charge is -2.41. The van der Waals surface area contributed by atoms with Crippen molar-refractivity contribution >= 4 is 11.8 Å². The minimum absolute atomic E-state index is 0.00458. The van der Waals surface area contributed by atoms with Crippen molar-refractivity contribution in [1.82, 2.24) is 10.2 Å². The number of rotatable bonds is 5. The normalized spacial score (nSPS) is 16.1. The van der Waals surface area contributed by atoms with Gasteiger partial charge in [0.15, 0.2) is 0 Å². The minimum Gasteiger partial charge on any atom is -0.359 e. The fourth-order valence-electron chi connectivity index (χ4n) is 4.15. The zero-order chi connectivity index (χ0) is 20.1. The van der Waals surface area contributed by atoms with Crippen LogP contribution in [-0.4, -0.2) is 36.9 Å². The van der Waals surface area contributed by atoms with Gasteiger partial charge < -0.3 is 10.2 Å². The van der Waals surface area contributed by atoms with Crippen LogP contribution >= 0.6 is 0 Å². The summed E-state index contributed by atoms with van der Waals surface area (Å²) in [6.07, 6.45) is 2.08. The lowest BCUT2D eigenvalue weighted by molar-refractivity contribution is -0.142. The van der Waals surface area contributed by atoms with Gasteiger partial charge in [0, 0.05) is 26.1 Å². The molecule has 0 aliphatic carbocycles. The number of hydrogen-bond acceptors (Lipinski definition) is 2. The summed E-state index contributed by atoms with van der Waals surface area (Å²) in [5, 5.41) is 2.87. The van der Waals surface area contributed by atoms with Gasteiger partial charge in [-0.3, -0.25) is 9.59 Å². The van der Waals surface area contributed by atoms with E-state index in [0.29, 0.717) is 32.4 Å². The molecule has 1 heterocycles. The van der Waals surface area contributed by atoms with E-state index in [1.807, 2.05) is 36.9 Å². The summed E-state index contributed by atoms with van der Waals surface area (Å²) in [7, 11) is 1.70. The lowest BCUT2D eigenvalue weighted by atomic mass is 9.72. The molecule has 2 amide bonds. The van der Waals surface area contributed by atoms with E-state index in [4.69, 9.17) is 0 Å². The molecule has 1 fully saturated rings. The Labute approximate surface area is 167 Å². The number of likely N-dealkylation sites (tertiary alicyclic amines) is 1. The highest BCUT2D eigenvalue weighted by Gasteiger charge is 2.42. The van der Waals surface area contributed by atoms with Crippen LogP contribution in [-0.2, 0) is 16.0 Å². The van der Waals surface area contributed by atoms with Gasteiger partial charge in [-0.25, -0.2) is 0 Å². The number of benzene rings is 2. The van der Waals surface area contributed by atoms with Crippen molar-refractivity contribution in [2.24, 2.45) is 11.3 Å². The van der Waals surface area contributed by atoms with Crippen LogP contribution in [0.1, 0.15) is 32.3 Å². The largest absolute Gasteiger partial charge is 0.359 e. The molecule has 0 atom stereocenters. The first-order chi connectivity index (χ1) is 13.4. The summed E-state index contributed by atoms with van der Waals surface area (Å²) in [6.45, 7) is 5.14. The van der Waals surface area contributed by atoms with Crippen molar-refractivity contribution in [2.75, 3.05) is 20.1 Å². The predicted octanol–water partition coefficient (Wildman–Crippen LogP) is 3.91. The molecule has 2 aromatic rings. The molecular formula is C24H30N2O2. The zero-order valence-electron chi connectivity index (χ0n) is 17.1. The molecule has 1 aliphatic rings. The molecule has 0 bridgehead atoms. The Hall–Kier alpha value is -2.62. The number of carbonyl (C=O) groups excluding carboxylic acids is 2. The Bertz CT molecular complexity index is 822. The molecule has 0 saturated carbocycles. The molecular weight excluding hydrogens is 348 g/mol. The summed E-state index contributed by atoms with van der Waals surface area (Å²) in [5.41, 5.74) is 3.04. The molecule has 148 valence electrons. The summed E-state index contributed by atoms with van der Waals surface area (Å²) < 4.78 is 0. The van der Waals surface area contributed by atoms with Crippen molar-refractivity contribution in [3.63, 3.8) is 0 Å². The van der Waals surface area contributed by atoms with Gasteiger partial charge in [0.25, 0.3) is 0 Å². The third-order valence-corrected chi connectivity index (χ3v) is 5.81. The van der Waals surface area contributed by atoms with Crippen molar-refractivity contribution in [3.05, 3.63) is 60.2 Å². The van der Waals surface area contributed by atoms with Crippen LogP contribution in [0, 0.1) is 11.3 Å². The Morgan fingerprint density at radius 2 is 1.64 bits per heavy atom. The van der Waals surface area contributed by atoms with E-state index in [9.17, 15) is 9.59 Å². The molecule has 0 spiro atoms. The molecule has 0 aromatic heterocycles. The van der Waals surface area contributed by atoms with Gasteiger partial charge >= 0.3 is 0 Å². The van der Waals surface area contributed by atoms with Gasteiger partial charge in [0.2, 0.25) is 11.8 Å². The van der Waals surface area contributed by atoms with Gasteiger partial charge in [-0.2, -0.15) is 0 Å². The molecule has 28 heavy (non-hydrogen) atoms. The van der Waals surface area contributed by atoms with Crippen molar-refractivity contribution in [2.45, 2.75) is 33.1 Å².